The van der Waals surface area contributed by atoms with Gasteiger partial charge in [-0.3, -0.25) is 9.59 Å². The minimum absolute atomic E-state index is 0.00492. The van der Waals surface area contributed by atoms with Crippen molar-refractivity contribution in [3.05, 3.63) is 33.2 Å². The van der Waals surface area contributed by atoms with Crippen LogP contribution in [-0.4, -0.2) is 52.8 Å². The fourth-order valence-electron chi connectivity index (χ4n) is 3.20. The first-order chi connectivity index (χ1) is 10.1. The van der Waals surface area contributed by atoms with E-state index >= 15 is 0 Å². The number of carbonyl (C=O) groups excluding carboxylic acids is 1. The lowest BCUT2D eigenvalue weighted by molar-refractivity contribution is -0.0449. The molecule has 21 heavy (non-hydrogen) atoms. The van der Waals surface area contributed by atoms with E-state index in [0.717, 1.165) is 12.8 Å². The third-order valence-electron chi connectivity index (χ3n) is 4.26. The first kappa shape index (κ1) is 14.6. The number of pyridine rings is 1. The molecule has 114 valence electrons. The Balaban J connectivity index is 1.83. The van der Waals surface area contributed by atoms with Gasteiger partial charge in [-0.1, -0.05) is 11.6 Å². The molecule has 0 spiro atoms. The molecule has 1 saturated carbocycles. The van der Waals surface area contributed by atoms with Crippen LogP contribution >= 0.6 is 11.6 Å². The predicted molar refractivity (Wildman–Crippen MR) is 76.4 cm³/mol. The Morgan fingerprint density at radius 1 is 1.52 bits per heavy atom. The smallest absolute Gasteiger partial charge is 0.266 e. The average Bonchev–Trinajstić information content (AvgIpc) is 2.92. The van der Waals surface area contributed by atoms with Crippen molar-refractivity contribution in [2.24, 2.45) is 5.92 Å². The molecule has 2 fully saturated rings. The molecule has 3 atom stereocenters. The topological polar surface area (TPSA) is 82.6 Å². The van der Waals surface area contributed by atoms with E-state index in [-0.39, 0.29) is 35.6 Å². The fourth-order valence-corrected chi connectivity index (χ4v) is 3.37. The van der Waals surface area contributed by atoms with Crippen LogP contribution in [-0.2, 0) is 4.74 Å². The highest BCUT2D eigenvalue weighted by molar-refractivity contribution is 6.30. The van der Waals surface area contributed by atoms with Crippen LogP contribution in [0.15, 0.2) is 17.1 Å². The van der Waals surface area contributed by atoms with Gasteiger partial charge < -0.3 is 19.7 Å². The van der Waals surface area contributed by atoms with Crippen molar-refractivity contribution in [2.45, 2.75) is 25.0 Å². The maximum Gasteiger partial charge on any atom is 0.266 e. The van der Waals surface area contributed by atoms with Gasteiger partial charge in [-0.05, 0) is 24.8 Å². The van der Waals surface area contributed by atoms with E-state index in [1.807, 2.05) is 0 Å². The number of ether oxygens (including phenoxy) is 1. The van der Waals surface area contributed by atoms with Crippen LogP contribution in [0.5, 0.6) is 0 Å². The van der Waals surface area contributed by atoms with Crippen molar-refractivity contribution in [3.8, 4) is 0 Å². The highest BCUT2D eigenvalue weighted by Crippen LogP contribution is 2.34. The van der Waals surface area contributed by atoms with Crippen LogP contribution in [0.4, 0.5) is 0 Å². The Hall–Kier alpha value is -1.37. The number of hydrogen-bond acceptors (Lipinski definition) is 4. The summed E-state index contributed by atoms with van der Waals surface area (Å²) in [5, 5.41) is 9.31. The average molecular weight is 313 g/mol. The van der Waals surface area contributed by atoms with Crippen molar-refractivity contribution in [3.63, 3.8) is 0 Å². The number of rotatable bonds is 2. The SMILES string of the molecule is O=C(c1c[nH]c(=O)c(Cl)c1)N1CCOC2C[C@H](CO)C[C@@H]21. The molecule has 1 unspecified atom stereocenters. The molecular weight excluding hydrogens is 296 g/mol. The largest absolute Gasteiger partial charge is 0.396 e. The summed E-state index contributed by atoms with van der Waals surface area (Å²) in [6.07, 6.45) is 2.89. The molecule has 0 aromatic carbocycles. The monoisotopic (exact) mass is 312 g/mol. The van der Waals surface area contributed by atoms with Gasteiger partial charge in [0, 0.05) is 19.3 Å². The van der Waals surface area contributed by atoms with Crippen molar-refractivity contribution >= 4 is 17.5 Å². The Labute approximate surface area is 126 Å². The first-order valence-electron chi connectivity index (χ1n) is 7.02. The van der Waals surface area contributed by atoms with E-state index in [1.165, 1.54) is 12.3 Å². The summed E-state index contributed by atoms with van der Waals surface area (Å²) in [4.78, 5) is 28.1. The molecule has 6 nitrogen and oxygen atoms in total. The number of aromatic amines is 1. The van der Waals surface area contributed by atoms with Crippen LogP contribution in [0.3, 0.4) is 0 Å². The number of nitrogens with zero attached hydrogens (tertiary/aromatic N) is 1. The number of halogens is 1. The third kappa shape index (κ3) is 2.71. The van der Waals surface area contributed by atoms with Crippen LogP contribution in [0.1, 0.15) is 23.2 Å². The third-order valence-corrected chi connectivity index (χ3v) is 4.54. The second kappa shape index (κ2) is 5.79. The highest BCUT2D eigenvalue weighted by atomic mass is 35.5. The summed E-state index contributed by atoms with van der Waals surface area (Å²) in [7, 11) is 0. The molecule has 1 aromatic rings. The van der Waals surface area contributed by atoms with Gasteiger partial charge in [0.2, 0.25) is 0 Å². The second-order valence-corrected chi connectivity index (χ2v) is 5.97. The molecule has 7 heteroatoms. The molecule has 2 aliphatic rings. The molecular formula is C14H17ClN2O4. The summed E-state index contributed by atoms with van der Waals surface area (Å²) in [5.74, 6) is 0.0117. The van der Waals surface area contributed by atoms with E-state index < -0.39 is 5.56 Å². The van der Waals surface area contributed by atoms with Gasteiger partial charge >= 0.3 is 0 Å². The molecule has 1 aliphatic carbocycles. The quantitative estimate of drug-likeness (QED) is 0.839. The number of aliphatic hydroxyl groups is 1. The van der Waals surface area contributed by atoms with E-state index in [0.29, 0.717) is 18.7 Å². The first-order valence-corrected chi connectivity index (χ1v) is 7.39. The molecule has 0 bridgehead atoms. The number of aromatic nitrogens is 1. The normalized spacial score (nSPS) is 28.5. The number of fused-ring (bicyclic) bond motifs is 1. The van der Waals surface area contributed by atoms with Crippen molar-refractivity contribution in [1.29, 1.82) is 0 Å². The summed E-state index contributed by atoms with van der Waals surface area (Å²) >= 11 is 5.78. The van der Waals surface area contributed by atoms with E-state index in [2.05, 4.69) is 4.98 Å². The molecule has 0 radical (unpaired) electrons. The second-order valence-electron chi connectivity index (χ2n) is 5.56. The molecule has 1 amide bonds. The number of amides is 1. The molecule has 3 rings (SSSR count). The van der Waals surface area contributed by atoms with Gasteiger partial charge in [-0.15, -0.1) is 0 Å². The Morgan fingerprint density at radius 2 is 2.33 bits per heavy atom. The van der Waals surface area contributed by atoms with Crippen LogP contribution in [0.2, 0.25) is 5.02 Å². The summed E-state index contributed by atoms with van der Waals surface area (Å²) in [6.45, 7) is 1.11. The van der Waals surface area contributed by atoms with Gasteiger partial charge in [0.1, 0.15) is 5.02 Å². The molecule has 1 saturated heterocycles. The number of H-pyrrole nitrogens is 1. The number of carbonyl (C=O) groups is 1. The van der Waals surface area contributed by atoms with Crippen molar-refractivity contribution < 1.29 is 14.6 Å². The zero-order valence-electron chi connectivity index (χ0n) is 11.4. The predicted octanol–water partition coefficient (Wildman–Crippen LogP) is 0.640. The Morgan fingerprint density at radius 3 is 3.05 bits per heavy atom. The minimum Gasteiger partial charge on any atom is -0.396 e. The zero-order valence-corrected chi connectivity index (χ0v) is 12.2. The van der Waals surface area contributed by atoms with Crippen molar-refractivity contribution in [2.75, 3.05) is 19.8 Å². The maximum atomic E-state index is 12.6. The Kier molecular flexibility index (Phi) is 4.01. The number of aliphatic hydroxyl groups excluding tert-OH is 1. The molecule has 1 aliphatic heterocycles. The molecule has 2 N–H and O–H groups in total. The van der Waals surface area contributed by atoms with Crippen LogP contribution in [0, 0.1) is 5.92 Å². The van der Waals surface area contributed by atoms with E-state index in [1.54, 1.807) is 4.90 Å². The standard InChI is InChI=1S/C14H17ClN2O4/c15-10-5-9(6-16-13(10)19)14(20)17-1-2-21-12-4-8(7-18)3-11(12)17/h5-6,8,11-12,18H,1-4,7H2,(H,16,19)/t8-,11+,12?/m1/s1. The lowest BCUT2D eigenvalue weighted by Gasteiger charge is -2.37. The zero-order chi connectivity index (χ0) is 15.0. The minimum atomic E-state index is -0.408. The number of morpholine rings is 1. The molecule has 2 heterocycles. The fraction of sp³-hybridized carbons (Fsp3) is 0.571. The van der Waals surface area contributed by atoms with E-state index in [9.17, 15) is 14.7 Å². The van der Waals surface area contributed by atoms with Gasteiger partial charge in [0.05, 0.1) is 24.3 Å². The van der Waals surface area contributed by atoms with Crippen molar-refractivity contribution in [1.82, 2.24) is 9.88 Å². The van der Waals surface area contributed by atoms with Gasteiger partial charge in [-0.2, -0.15) is 0 Å². The summed E-state index contributed by atoms with van der Waals surface area (Å²) in [6, 6.07) is 1.38. The molecule has 1 aromatic heterocycles. The van der Waals surface area contributed by atoms with Crippen LogP contribution < -0.4 is 5.56 Å². The maximum absolute atomic E-state index is 12.6. The lowest BCUT2D eigenvalue weighted by atomic mass is 10.1. The summed E-state index contributed by atoms with van der Waals surface area (Å²) < 4.78 is 5.70. The summed E-state index contributed by atoms with van der Waals surface area (Å²) in [5.41, 5.74) is -0.0398. The number of hydrogen-bond donors (Lipinski definition) is 2. The number of nitrogens with one attached hydrogen (secondary N) is 1. The van der Waals surface area contributed by atoms with Gasteiger partial charge in [-0.25, -0.2) is 0 Å². The lowest BCUT2D eigenvalue weighted by Crippen LogP contribution is -2.51. The van der Waals surface area contributed by atoms with Gasteiger partial charge in [0.15, 0.2) is 0 Å². The highest BCUT2D eigenvalue weighted by Gasteiger charge is 2.42. The van der Waals surface area contributed by atoms with E-state index in [4.69, 9.17) is 16.3 Å². The Bertz CT molecular complexity index is 603. The van der Waals surface area contributed by atoms with Crippen LogP contribution in [0.25, 0.3) is 0 Å². The van der Waals surface area contributed by atoms with Gasteiger partial charge in [0.25, 0.3) is 11.5 Å².